The van der Waals surface area contributed by atoms with Crippen LogP contribution in [0, 0.1) is 0 Å². The maximum Gasteiger partial charge on any atom is 0.262 e. The molecule has 0 saturated carbocycles. The van der Waals surface area contributed by atoms with Gasteiger partial charge in [0.1, 0.15) is 11.4 Å². The van der Waals surface area contributed by atoms with Crippen LogP contribution in [0.3, 0.4) is 0 Å². The van der Waals surface area contributed by atoms with Gasteiger partial charge in [-0.1, -0.05) is 0 Å². The van der Waals surface area contributed by atoms with E-state index in [1.165, 1.54) is 22.2 Å². The summed E-state index contributed by atoms with van der Waals surface area (Å²) in [5.41, 5.74) is -0.139. The molecule has 0 unspecified atom stereocenters. The van der Waals surface area contributed by atoms with Gasteiger partial charge in [0.05, 0.1) is 11.7 Å². The van der Waals surface area contributed by atoms with Crippen LogP contribution in [0.5, 0.6) is 0 Å². The van der Waals surface area contributed by atoms with Crippen molar-refractivity contribution in [3.8, 4) is 0 Å². The van der Waals surface area contributed by atoms with Crippen molar-refractivity contribution in [1.29, 1.82) is 0 Å². The highest BCUT2D eigenvalue weighted by atomic mass is 32.1. The fourth-order valence-corrected chi connectivity index (χ4v) is 3.46. The smallest absolute Gasteiger partial charge is 0.262 e. The Labute approximate surface area is 133 Å². The SMILES string of the molecule is CC(C)N1CCN(C(=O)Cn2cnc3sccc3c2=O)CC1. The Morgan fingerprint density at radius 2 is 2.05 bits per heavy atom. The first-order valence-corrected chi connectivity index (χ1v) is 8.38. The third kappa shape index (κ3) is 2.91. The van der Waals surface area contributed by atoms with Crippen molar-refractivity contribution in [1.82, 2.24) is 19.4 Å². The molecule has 0 bridgehead atoms. The lowest BCUT2D eigenvalue weighted by Gasteiger charge is -2.37. The van der Waals surface area contributed by atoms with Crippen molar-refractivity contribution in [3.63, 3.8) is 0 Å². The first-order valence-electron chi connectivity index (χ1n) is 7.50. The summed E-state index contributed by atoms with van der Waals surface area (Å²) in [6.07, 6.45) is 1.48. The molecule has 0 radical (unpaired) electrons. The summed E-state index contributed by atoms with van der Waals surface area (Å²) in [7, 11) is 0. The number of fused-ring (bicyclic) bond motifs is 1. The molecule has 118 valence electrons. The standard InChI is InChI=1S/C15H20N4O2S/c1-11(2)17-4-6-18(7-5-17)13(20)9-19-10-16-14-12(15(19)21)3-8-22-14/h3,8,10-11H,4-7,9H2,1-2H3. The lowest BCUT2D eigenvalue weighted by atomic mass is 10.2. The first-order chi connectivity index (χ1) is 10.6. The molecule has 0 spiro atoms. The Bertz CT molecular complexity index is 728. The van der Waals surface area contributed by atoms with E-state index in [0.29, 0.717) is 11.4 Å². The predicted molar refractivity (Wildman–Crippen MR) is 87.2 cm³/mol. The zero-order valence-electron chi connectivity index (χ0n) is 12.9. The molecule has 2 aromatic heterocycles. The van der Waals surface area contributed by atoms with Gasteiger partial charge >= 0.3 is 0 Å². The van der Waals surface area contributed by atoms with E-state index in [4.69, 9.17) is 0 Å². The molecule has 0 aromatic carbocycles. The molecule has 0 N–H and O–H groups in total. The number of carbonyl (C=O) groups excluding carboxylic acids is 1. The number of thiophene rings is 1. The second-order valence-electron chi connectivity index (χ2n) is 5.83. The maximum atomic E-state index is 12.4. The molecule has 7 heteroatoms. The van der Waals surface area contributed by atoms with E-state index in [1.54, 1.807) is 6.07 Å². The van der Waals surface area contributed by atoms with Crippen LogP contribution in [0.2, 0.25) is 0 Å². The Morgan fingerprint density at radius 1 is 1.32 bits per heavy atom. The molecule has 0 atom stereocenters. The van der Waals surface area contributed by atoms with Gasteiger partial charge in [0.2, 0.25) is 5.91 Å². The van der Waals surface area contributed by atoms with Crippen molar-refractivity contribution < 1.29 is 4.79 Å². The van der Waals surface area contributed by atoms with E-state index >= 15 is 0 Å². The molecule has 2 aromatic rings. The summed E-state index contributed by atoms with van der Waals surface area (Å²) in [5, 5.41) is 2.43. The Balaban J connectivity index is 1.69. The van der Waals surface area contributed by atoms with Crippen LogP contribution in [0.1, 0.15) is 13.8 Å². The van der Waals surface area contributed by atoms with Crippen molar-refractivity contribution >= 4 is 27.5 Å². The Morgan fingerprint density at radius 3 is 2.73 bits per heavy atom. The number of nitrogens with zero attached hydrogens (tertiary/aromatic N) is 4. The molecular formula is C15H20N4O2S. The van der Waals surface area contributed by atoms with Crippen LogP contribution in [-0.2, 0) is 11.3 Å². The summed E-state index contributed by atoms with van der Waals surface area (Å²) in [4.78, 5) is 33.8. The van der Waals surface area contributed by atoms with Gasteiger partial charge in [-0.2, -0.15) is 0 Å². The summed E-state index contributed by atoms with van der Waals surface area (Å²) >= 11 is 1.43. The minimum Gasteiger partial charge on any atom is -0.339 e. The number of aromatic nitrogens is 2. The van der Waals surface area contributed by atoms with Gasteiger partial charge in [0, 0.05) is 32.2 Å². The highest BCUT2D eigenvalue weighted by Gasteiger charge is 2.22. The van der Waals surface area contributed by atoms with Crippen molar-refractivity contribution in [3.05, 3.63) is 28.1 Å². The fourth-order valence-electron chi connectivity index (χ4n) is 2.74. The molecule has 3 rings (SSSR count). The van der Waals surface area contributed by atoms with Gasteiger partial charge in [-0.15, -0.1) is 11.3 Å². The number of hydrogen-bond acceptors (Lipinski definition) is 5. The van der Waals surface area contributed by atoms with Crippen LogP contribution < -0.4 is 5.56 Å². The largest absolute Gasteiger partial charge is 0.339 e. The van der Waals surface area contributed by atoms with Gasteiger partial charge in [0.25, 0.3) is 5.56 Å². The van der Waals surface area contributed by atoms with Crippen molar-refractivity contribution in [2.24, 2.45) is 0 Å². The maximum absolute atomic E-state index is 12.4. The third-order valence-corrected chi connectivity index (χ3v) is 4.97. The van der Waals surface area contributed by atoms with Gasteiger partial charge < -0.3 is 4.90 Å². The molecule has 0 aliphatic carbocycles. The quantitative estimate of drug-likeness (QED) is 0.847. The number of piperazine rings is 1. The Kier molecular flexibility index (Phi) is 4.26. The molecule has 1 fully saturated rings. The number of carbonyl (C=O) groups is 1. The second-order valence-corrected chi connectivity index (χ2v) is 6.72. The lowest BCUT2D eigenvalue weighted by molar-refractivity contribution is -0.133. The molecular weight excluding hydrogens is 300 g/mol. The average Bonchev–Trinajstić information content (AvgIpc) is 2.99. The van der Waals surface area contributed by atoms with Gasteiger partial charge in [0.15, 0.2) is 0 Å². The molecule has 1 amide bonds. The molecule has 6 nitrogen and oxygen atoms in total. The molecule has 22 heavy (non-hydrogen) atoms. The van der Waals surface area contributed by atoms with E-state index in [1.807, 2.05) is 10.3 Å². The van der Waals surface area contributed by atoms with Gasteiger partial charge in [-0.05, 0) is 25.3 Å². The average molecular weight is 320 g/mol. The number of amides is 1. The predicted octanol–water partition coefficient (Wildman–Crippen LogP) is 1.01. The molecule has 1 aliphatic heterocycles. The third-order valence-electron chi connectivity index (χ3n) is 4.15. The number of rotatable bonds is 3. The topological polar surface area (TPSA) is 58.4 Å². The molecule has 1 aliphatic rings. The summed E-state index contributed by atoms with van der Waals surface area (Å²) < 4.78 is 1.41. The zero-order chi connectivity index (χ0) is 15.7. The van der Waals surface area contributed by atoms with Crippen molar-refractivity contribution in [2.45, 2.75) is 26.4 Å². The van der Waals surface area contributed by atoms with Crippen LogP contribution >= 0.6 is 11.3 Å². The van der Waals surface area contributed by atoms with Crippen LogP contribution in [0.15, 0.2) is 22.6 Å². The van der Waals surface area contributed by atoms with Gasteiger partial charge in [-0.25, -0.2) is 4.98 Å². The Hall–Kier alpha value is -1.73. The summed E-state index contributed by atoms with van der Waals surface area (Å²) in [5.74, 6) is -0.0121. The van der Waals surface area contributed by atoms with E-state index in [-0.39, 0.29) is 18.0 Å². The van der Waals surface area contributed by atoms with E-state index in [0.717, 1.165) is 31.0 Å². The second kappa shape index (κ2) is 6.18. The van der Waals surface area contributed by atoms with E-state index in [2.05, 4.69) is 23.7 Å². The zero-order valence-corrected chi connectivity index (χ0v) is 13.7. The fraction of sp³-hybridized carbons (Fsp3) is 0.533. The lowest BCUT2D eigenvalue weighted by Crippen LogP contribution is -2.51. The highest BCUT2D eigenvalue weighted by Crippen LogP contribution is 2.13. The first kappa shape index (κ1) is 15.2. The van der Waals surface area contributed by atoms with Crippen molar-refractivity contribution in [2.75, 3.05) is 26.2 Å². The number of hydrogen-bond donors (Lipinski definition) is 0. The minimum absolute atomic E-state index is 0.0121. The minimum atomic E-state index is -0.139. The molecule has 1 saturated heterocycles. The van der Waals surface area contributed by atoms with Crippen LogP contribution in [0.4, 0.5) is 0 Å². The van der Waals surface area contributed by atoms with Crippen LogP contribution in [0.25, 0.3) is 10.2 Å². The summed E-state index contributed by atoms with van der Waals surface area (Å²) in [6.45, 7) is 7.62. The molecule has 3 heterocycles. The van der Waals surface area contributed by atoms with E-state index < -0.39 is 0 Å². The summed E-state index contributed by atoms with van der Waals surface area (Å²) in [6, 6.07) is 2.27. The van der Waals surface area contributed by atoms with E-state index in [9.17, 15) is 9.59 Å². The normalized spacial score (nSPS) is 16.6. The monoisotopic (exact) mass is 320 g/mol. The van der Waals surface area contributed by atoms with Gasteiger partial charge in [-0.3, -0.25) is 19.1 Å². The van der Waals surface area contributed by atoms with Crippen LogP contribution in [-0.4, -0.2) is 57.5 Å². The highest BCUT2D eigenvalue weighted by molar-refractivity contribution is 7.16.